The minimum absolute atomic E-state index is 0.136. The highest BCUT2D eigenvalue weighted by Crippen LogP contribution is 2.18. The summed E-state index contributed by atoms with van der Waals surface area (Å²) in [6, 6.07) is 7.72. The number of hydrogen-bond donors (Lipinski definition) is 2. The first kappa shape index (κ1) is 12.0. The van der Waals surface area contributed by atoms with Gasteiger partial charge >= 0.3 is 0 Å². The quantitative estimate of drug-likeness (QED) is 0.668. The van der Waals surface area contributed by atoms with E-state index >= 15 is 0 Å². The zero-order chi connectivity index (χ0) is 10.9. The second kappa shape index (κ2) is 7.26. The van der Waals surface area contributed by atoms with E-state index in [1.165, 1.54) is 0 Å². The van der Waals surface area contributed by atoms with Crippen molar-refractivity contribution in [2.75, 3.05) is 19.8 Å². The Labute approximate surface area is 90.3 Å². The Balaban J connectivity index is 2.44. The van der Waals surface area contributed by atoms with Crippen LogP contribution in [-0.2, 0) is 6.42 Å². The number of para-hydroxylation sites is 1. The van der Waals surface area contributed by atoms with Crippen LogP contribution in [0.1, 0.15) is 18.4 Å². The van der Waals surface area contributed by atoms with Crippen molar-refractivity contribution in [3.8, 4) is 5.75 Å². The highest BCUT2D eigenvalue weighted by molar-refractivity contribution is 5.33. The molecule has 0 fully saturated rings. The molecule has 0 heterocycles. The van der Waals surface area contributed by atoms with Crippen LogP contribution < -0.4 is 4.74 Å². The van der Waals surface area contributed by atoms with E-state index in [1.54, 1.807) is 0 Å². The SMILES string of the molecule is OCCCCOc1ccccc1CCO. The van der Waals surface area contributed by atoms with Gasteiger partial charge in [-0.05, 0) is 30.9 Å². The predicted molar refractivity (Wildman–Crippen MR) is 59.0 cm³/mol. The zero-order valence-electron chi connectivity index (χ0n) is 8.85. The molecule has 0 aromatic heterocycles. The third-order valence-corrected chi connectivity index (χ3v) is 2.16. The molecule has 0 atom stereocenters. The fourth-order valence-corrected chi connectivity index (χ4v) is 1.37. The number of unbranched alkanes of at least 4 members (excludes halogenated alkanes) is 1. The van der Waals surface area contributed by atoms with Gasteiger partial charge in [-0.2, -0.15) is 0 Å². The molecule has 0 aliphatic heterocycles. The lowest BCUT2D eigenvalue weighted by atomic mass is 10.1. The molecular formula is C12H18O3. The summed E-state index contributed by atoms with van der Waals surface area (Å²) >= 11 is 0. The summed E-state index contributed by atoms with van der Waals surface area (Å²) in [7, 11) is 0. The van der Waals surface area contributed by atoms with E-state index in [0.717, 1.165) is 24.2 Å². The summed E-state index contributed by atoms with van der Waals surface area (Å²) in [5.74, 6) is 0.837. The summed E-state index contributed by atoms with van der Waals surface area (Å²) in [6.45, 7) is 0.960. The Hall–Kier alpha value is -1.06. The fraction of sp³-hybridized carbons (Fsp3) is 0.500. The van der Waals surface area contributed by atoms with Crippen LogP contribution in [0.25, 0.3) is 0 Å². The lowest BCUT2D eigenvalue weighted by molar-refractivity contribution is 0.250. The third-order valence-electron chi connectivity index (χ3n) is 2.16. The van der Waals surface area contributed by atoms with E-state index in [2.05, 4.69) is 0 Å². The third kappa shape index (κ3) is 4.32. The fourth-order valence-electron chi connectivity index (χ4n) is 1.37. The summed E-state index contributed by atoms with van der Waals surface area (Å²) in [5, 5.41) is 17.5. The van der Waals surface area contributed by atoms with Crippen LogP contribution in [-0.4, -0.2) is 30.0 Å². The molecule has 0 spiro atoms. The molecular weight excluding hydrogens is 192 g/mol. The molecule has 1 aromatic rings. The molecule has 0 unspecified atom stereocenters. The van der Waals surface area contributed by atoms with E-state index in [9.17, 15) is 0 Å². The van der Waals surface area contributed by atoms with E-state index < -0.39 is 0 Å². The summed E-state index contributed by atoms with van der Waals surface area (Å²) in [4.78, 5) is 0. The van der Waals surface area contributed by atoms with Crippen LogP contribution in [0.5, 0.6) is 5.75 Å². The smallest absolute Gasteiger partial charge is 0.122 e. The molecule has 0 saturated carbocycles. The van der Waals surface area contributed by atoms with E-state index in [-0.39, 0.29) is 13.2 Å². The largest absolute Gasteiger partial charge is 0.493 e. The van der Waals surface area contributed by atoms with Crippen molar-refractivity contribution >= 4 is 0 Å². The van der Waals surface area contributed by atoms with Crippen LogP contribution in [0.4, 0.5) is 0 Å². The molecule has 1 aromatic carbocycles. The average molecular weight is 210 g/mol. The normalized spacial score (nSPS) is 10.3. The number of benzene rings is 1. The van der Waals surface area contributed by atoms with Gasteiger partial charge in [-0.15, -0.1) is 0 Å². The Morgan fingerprint density at radius 3 is 2.53 bits per heavy atom. The molecule has 0 radical (unpaired) electrons. The second-order valence-corrected chi connectivity index (χ2v) is 3.36. The maximum atomic E-state index is 8.87. The van der Waals surface area contributed by atoms with E-state index in [0.29, 0.717) is 13.0 Å². The Bertz CT molecular complexity index is 273. The van der Waals surface area contributed by atoms with Crippen molar-refractivity contribution in [1.29, 1.82) is 0 Å². The molecule has 3 nitrogen and oxygen atoms in total. The first-order valence-corrected chi connectivity index (χ1v) is 5.31. The van der Waals surface area contributed by atoms with Crippen LogP contribution in [0.2, 0.25) is 0 Å². The van der Waals surface area contributed by atoms with Gasteiger partial charge in [0, 0.05) is 13.2 Å². The minimum Gasteiger partial charge on any atom is -0.493 e. The standard InChI is InChI=1S/C12H18O3/c13-8-3-4-10-15-12-6-2-1-5-11(12)7-9-14/h1-2,5-6,13-14H,3-4,7-10H2. The van der Waals surface area contributed by atoms with Crippen LogP contribution in [0, 0.1) is 0 Å². The lowest BCUT2D eigenvalue weighted by Crippen LogP contribution is -2.02. The minimum atomic E-state index is 0.136. The van der Waals surface area contributed by atoms with Gasteiger partial charge in [0.15, 0.2) is 0 Å². The topological polar surface area (TPSA) is 49.7 Å². The van der Waals surface area contributed by atoms with Gasteiger partial charge in [-0.25, -0.2) is 0 Å². The van der Waals surface area contributed by atoms with Crippen molar-refractivity contribution < 1.29 is 14.9 Å². The van der Waals surface area contributed by atoms with Crippen LogP contribution >= 0.6 is 0 Å². The highest BCUT2D eigenvalue weighted by atomic mass is 16.5. The first-order valence-electron chi connectivity index (χ1n) is 5.31. The van der Waals surface area contributed by atoms with Gasteiger partial charge in [0.25, 0.3) is 0 Å². The molecule has 0 aliphatic rings. The molecule has 15 heavy (non-hydrogen) atoms. The van der Waals surface area contributed by atoms with Gasteiger partial charge in [-0.3, -0.25) is 0 Å². The molecule has 0 saturated heterocycles. The van der Waals surface area contributed by atoms with Crippen molar-refractivity contribution in [3.05, 3.63) is 29.8 Å². The maximum absolute atomic E-state index is 8.87. The average Bonchev–Trinajstić information content (AvgIpc) is 2.27. The number of ether oxygens (including phenoxy) is 1. The number of rotatable bonds is 7. The van der Waals surface area contributed by atoms with Gasteiger partial charge in [0.1, 0.15) is 5.75 Å². The number of aliphatic hydroxyl groups is 2. The van der Waals surface area contributed by atoms with Crippen molar-refractivity contribution in [2.24, 2.45) is 0 Å². The van der Waals surface area contributed by atoms with Crippen LogP contribution in [0.3, 0.4) is 0 Å². The monoisotopic (exact) mass is 210 g/mol. The summed E-state index contributed by atoms with van der Waals surface area (Å²) in [5.41, 5.74) is 1.03. The molecule has 0 bridgehead atoms. The number of aliphatic hydroxyl groups excluding tert-OH is 2. The Morgan fingerprint density at radius 2 is 1.80 bits per heavy atom. The lowest BCUT2D eigenvalue weighted by Gasteiger charge is -2.10. The first-order chi connectivity index (χ1) is 7.38. The highest BCUT2D eigenvalue weighted by Gasteiger charge is 2.01. The second-order valence-electron chi connectivity index (χ2n) is 3.36. The Kier molecular flexibility index (Phi) is 5.81. The van der Waals surface area contributed by atoms with Crippen molar-refractivity contribution in [1.82, 2.24) is 0 Å². The molecule has 1 rings (SSSR count). The zero-order valence-corrected chi connectivity index (χ0v) is 8.85. The van der Waals surface area contributed by atoms with Gasteiger partial charge in [0.2, 0.25) is 0 Å². The van der Waals surface area contributed by atoms with Crippen LogP contribution in [0.15, 0.2) is 24.3 Å². The van der Waals surface area contributed by atoms with Crippen molar-refractivity contribution in [3.63, 3.8) is 0 Å². The van der Waals surface area contributed by atoms with Gasteiger partial charge < -0.3 is 14.9 Å². The maximum Gasteiger partial charge on any atom is 0.122 e. The molecule has 84 valence electrons. The summed E-state index contributed by atoms with van der Waals surface area (Å²) in [6.07, 6.45) is 2.24. The molecule has 2 N–H and O–H groups in total. The van der Waals surface area contributed by atoms with Crippen molar-refractivity contribution in [2.45, 2.75) is 19.3 Å². The molecule has 0 aliphatic carbocycles. The molecule has 0 amide bonds. The van der Waals surface area contributed by atoms with Gasteiger partial charge in [0.05, 0.1) is 6.61 Å². The number of hydrogen-bond acceptors (Lipinski definition) is 3. The summed E-state index contributed by atoms with van der Waals surface area (Å²) < 4.78 is 5.57. The van der Waals surface area contributed by atoms with E-state index in [4.69, 9.17) is 14.9 Å². The van der Waals surface area contributed by atoms with E-state index in [1.807, 2.05) is 24.3 Å². The van der Waals surface area contributed by atoms with Gasteiger partial charge in [-0.1, -0.05) is 18.2 Å². The Morgan fingerprint density at radius 1 is 1.00 bits per heavy atom. The predicted octanol–water partition coefficient (Wildman–Crippen LogP) is 1.37. The molecule has 3 heteroatoms.